The summed E-state index contributed by atoms with van der Waals surface area (Å²) < 4.78 is 31.2. The minimum Gasteiger partial charge on any atom is -0.462 e. The Morgan fingerprint density at radius 1 is 1.36 bits per heavy atom. The topological polar surface area (TPSA) is 55.4 Å². The largest absolute Gasteiger partial charge is 0.462 e. The third kappa shape index (κ3) is 3.82. The van der Waals surface area contributed by atoms with Crippen molar-refractivity contribution in [2.24, 2.45) is 0 Å². The zero-order chi connectivity index (χ0) is 16.3. The molecule has 1 N–H and O–H groups in total. The summed E-state index contributed by atoms with van der Waals surface area (Å²) in [5.74, 6) is -4.05. The molecule has 1 fully saturated rings. The second kappa shape index (κ2) is 6.87. The monoisotopic (exact) mass is 329 g/mol. The van der Waals surface area contributed by atoms with Crippen LogP contribution in [-0.2, 0) is 9.53 Å². The number of benzene rings is 1. The standard InChI is InChI=1S/C15H14ClF2NO3/c1-2-22-15(21)10(7-19-8-3-4-8)14(20)9-5-12(17)13(18)6-11(9)16/h5-8,19H,2-4H2,1H3. The first-order valence-corrected chi connectivity index (χ1v) is 7.14. The van der Waals surface area contributed by atoms with Crippen molar-refractivity contribution >= 4 is 23.4 Å². The first-order valence-electron chi connectivity index (χ1n) is 6.76. The van der Waals surface area contributed by atoms with E-state index in [2.05, 4.69) is 5.32 Å². The lowest BCUT2D eigenvalue weighted by atomic mass is 10.0. The molecule has 1 aromatic rings. The minimum atomic E-state index is -1.22. The molecule has 0 saturated heterocycles. The molecule has 0 heterocycles. The number of esters is 1. The summed E-state index contributed by atoms with van der Waals surface area (Å²) >= 11 is 5.77. The first-order chi connectivity index (χ1) is 10.4. The van der Waals surface area contributed by atoms with Gasteiger partial charge in [-0.25, -0.2) is 13.6 Å². The molecule has 0 bridgehead atoms. The summed E-state index contributed by atoms with van der Waals surface area (Å²) in [6.07, 6.45) is 3.12. The average Bonchev–Trinajstić information content (AvgIpc) is 3.27. The van der Waals surface area contributed by atoms with Crippen molar-refractivity contribution in [2.45, 2.75) is 25.8 Å². The van der Waals surface area contributed by atoms with Crippen molar-refractivity contribution in [1.82, 2.24) is 5.32 Å². The molecule has 22 heavy (non-hydrogen) atoms. The van der Waals surface area contributed by atoms with Crippen LogP contribution in [0.3, 0.4) is 0 Å². The van der Waals surface area contributed by atoms with Crippen LogP contribution in [0.5, 0.6) is 0 Å². The second-order valence-electron chi connectivity index (χ2n) is 4.79. The van der Waals surface area contributed by atoms with Gasteiger partial charge in [-0.3, -0.25) is 4.79 Å². The fraction of sp³-hybridized carbons (Fsp3) is 0.333. The summed E-state index contributed by atoms with van der Waals surface area (Å²) in [7, 11) is 0. The zero-order valence-electron chi connectivity index (χ0n) is 11.8. The highest BCUT2D eigenvalue weighted by Crippen LogP contribution is 2.24. The highest BCUT2D eigenvalue weighted by atomic mass is 35.5. The lowest BCUT2D eigenvalue weighted by Gasteiger charge is -2.09. The second-order valence-corrected chi connectivity index (χ2v) is 5.20. The van der Waals surface area contributed by atoms with Crippen LogP contribution < -0.4 is 5.32 Å². The lowest BCUT2D eigenvalue weighted by molar-refractivity contribution is -0.138. The van der Waals surface area contributed by atoms with Gasteiger partial charge in [-0.1, -0.05) is 11.6 Å². The van der Waals surface area contributed by atoms with E-state index >= 15 is 0 Å². The molecule has 118 valence electrons. The zero-order valence-corrected chi connectivity index (χ0v) is 12.5. The van der Waals surface area contributed by atoms with Gasteiger partial charge < -0.3 is 10.1 Å². The predicted octanol–water partition coefficient (Wildman–Crippen LogP) is 3.00. The number of hydrogen-bond donors (Lipinski definition) is 1. The van der Waals surface area contributed by atoms with Gasteiger partial charge in [-0.2, -0.15) is 0 Å². The molecule has 1 aliphatic carbocycles. The Morgan fingerprint density at radius 2 is 2.00 bits per heavy atom. The van der Waals surface area contributed by atoms with Crippen LogP contribution in [0.25, 0.3) is 0 Å². The number of carbonyl (C=O) groups is 2. The molecule has 7 heteroatoms. The Balaban J connectivity index is 2.33. The number of halogens is 3. The van der Waals surface area contributed by atoms with Gasteiger partial charge in [0.15, 0.2) is 11.6 Å². The Hall–Kier alpha value is -1.95. The van der Waals surface area contributed by atoms with E-state index in [0.717, 1.165) is 12.8 Å². The fourth-order valence-corrected chi connectivity index (χ4v) is 1.96. The third-order valence-electron chi connectivity index (χ3n) is 3.04. The first kappa shape index (κ1) is 16.4. The van der Waals surface area contributed by atoms with Crippen molar-refractivity contribution in [1.29, 1.82) is 0 Å². The van der Waals surface area contributed by atoms with E-state index in [1.54, 1.807) is 6.92 Å². The van der Waals surface area contributed by atoms with Crippen molar-refractivity contribution in [3.05, 3.63) is 46.1 Å². The Kier molecular flexibility index (Phi) is 5.13. The van der Waals surface area contributed by atoms with Crippen molar-refractivity contribution in [3.63, 3.8) is 0 Å². The van der Waals surface area contributed by atoms with Gasteiger partial charge in [0.1, 0.15) is 5.57 Å². The molecule has 1 saturated carbocycles. The maximum Gasteiger partial charge on any atom is 0.343 e. The summed E-state index contributed by atoms with van der Waals surface area (Å²) in [6, 6.07) is 1.57. The normalized spacial score (nSPS) is 14.6. The van der Waals surface area contributed by atoms with E-state index in [0.29, 0.717) is 12.1 Å². The summed E-state index contributed by atoms with van der Waals surface area (Å²) in [6.45, 7) is 1.68. The van der Waals surface area contributed by atoms with E-state index in [1.165, 1.54) is 6.20 Å². The minimum absolute atomic E-state index is 0.0817. The van der Waals surface area contributed by atoms with Gasteiger partial charge in [-0.05, 0) is 31.9 Å². The van der Waals surface area contributed by atoms with E-state index in [-0.39, 0.29) is 28.8 Å². The molecule has 0 aromatic heterocycles. The fourth-order valence-electron chi connectivity index (χ4n) is 1.72. The number of ketones is 1. The van der Waals surface area contributed by atoms with Crippen LogP contribution in [0.1, 0.15) is 30.1 Å². The molecule has 1 aromatic carbocycles. The van der Waals surface area contributed by atoms with E-state index in [1.807, 2.05) is 0 Å². The van der Waals surface area contributed by atoms with Crippen LogP contribution >= 0.6 is 11.6 Å². The Labute approximate surface area is 131 Å². The molecule has 0 amide bonds. The van der Waals surface area contributed by atoms with Gasteiger partial charge in [0.05, 0.1) is 11.6 Å². The number of rotatable bonds is 6. The number of hydrogen-bond acceptors (Lipinski definition) is 4. The Morgan fingerprint density at radius 3 is 2.59 bits per heavy atom. The smallest absolute Gasteiger partial charge is 0.343 e. The van der Waals surface area contributed by atoms with Crippen LogP contribution in [-0.4, -0.2) is 24.4 Å². The molecular formula is C15H14ClF2NO3. The highest BCUT2D eigenvalue weighted by molar-refractivity contribution is 6.36. The number of ether oxygens (including phenoxy) is 1. The molecule has 0 aliphatic heterocycles. The van der Waals surface area contributed by atoms with Gasteiger partial charge in [0.25, 0.3) is 0 Å². The number of nitrogens with one attached hydrogen (secondary N) is 1. The quantitative estimate of drug-likeness (QED) is 0.218. The SMILES string of the molecule is CCOC(=O)C(=CNC1CC1)C(=O)c1cc(F)c(F)cc1Cl. The van der Waals surface area contributed by atoms with Crippen molar-refractivity contribution < 1.29 is 23.1 Å². The average molecular weight is 330 g/mol. The molecule has 0 spiro atoms. The van der Waals surface area contributed by atoms with Gasteiger partial charge in [0.2, 0.25) is 5.78 Å². The summed E-state index contributed by atoms with van der Waals surface area (Å²) in [5, 5.41) is 2.62. The highest BCUT2D eigenvalue weighted by Gasteiger charge is 2.26. The molecule has 0 radical (unpaired) electrons. The van der Waals surface area contributed by atoms with Crippen molar-refractivity contribution in [2.75, 3.05) is 6.61 Å². The molecule has 0 unspecified atom stereocenters. The lowest BCUT2D eigenvalue weighted by Crippen LogP contribution is -2.21. The molecule has 0 atom stereocenters. The number of carbonyl (C=O) groups excluding carboxylic acids is 2. The summed E-state index contributed by atoms with van der Waals surface area (Å²) in [5.41, 5.74) is -0.598. The molecular weight excluding hydrogens is 316 g/mol. The maximum absolute atomic E-state index is 13.3. The Bertz CT molecular complexity index is 642. The molecule has 4 nitrogen and oxygen atoms in total. The third-order valence-corrected chi connectivity index (χ3v) is 3.35. The van der Waals surface area contributed by atoms with Crippen LogP contribution in [0.2, 0.25) is 5.02 Å². The molecule has 1 aliphatic rings. The van der Waals surface area contributed by atoms with Crippen LogP contribution in [0, 0.1) is 11.6 Å². The van der Waals surface area contributed by atoms with Crippen LogP contribution in [0.15, 0.2) is 23.9 Å². The van der Waals surface area contributed by atoms with E-state index < -0.39 is 23.4 Å². The predicted molar refractivity (Wildman–Crippen MR) is 76.6 cm³/mol. The summed E-state index contributed by atoms with van der Waals surface area (Å²) in [4.78, 5) is 24.3. The number of Topliss-reactive ketones (excluding diaryl/α,β-unsaturated/α-hetero) is 1. The van der Waals surface area contributed by atoms with E-state index in [4.69, 9.17) is 16.3 Å². The van der Waals surface area contributed by atoms with Crippen LogP contribution in [0.4, 0.5) is 8.78 Å². The maximum atomic E-state index is 13.3. The van der Waals surface area contributed by atoms with Gasteiger partial charge in [0, 0.05) is 17.8 Å². The molecule has 2 rings (SSSR count). The van der Waals surface area contributed by atoms with Crippen molar-refractivity contribution in [3.8, 4) is 0 Å². The van der Waals surface area contributed by atoms with E-state index in [9.17, 15) is 18.4 Å². The van der Waals surface area contributed by atoms with Gasteiger partial charge >= 0.3 is 5.97 Å². The van der Waals surface area contributed by atoms with Gasteiger partial charge in [-0.15, -0.1) is 0 Å².